The number of carbonyl (C=O) groups is 1. The Morgan fingerprint density at radius 1 is 1.33 bits per heavy atom. The van der Waals surface area contributed by atoms with Crippen LogP contribution < -0.4 is 4.74 Å². The van der Waals surface area contributed by atoms with Gasteiger partial charge in [0.1, 0.15) is 5.82 Å². The number of hydrogen-bond acceptors (Lipinski definition) is 3. The van der Waals surface area contributed by atoms with Gasteiger partial charge >= 0.3 is 5.97 Å². The highest BCUT2D eigenvalue weighted by molar-refractivity contribution is 5.89. The standard InChI is InChI=1S/C13H10FNO3/c1-18-12-10(6-8(7-15-12)13(16)17)9-4-2-3-5-11(9)14/h2-7H,1H3,(H,16,17). The fraction of sp³-hybridized carbons (Fsp3) is 0.0769. The lowest BCUT2D eigenvalue weighted by atomic mass is 10.0. The molecule has 18 heavy (non-hydrogen) atoms. The monoisotopic (exact) mass is 247 g/mol. The van der Waals surface area contributed by atoms with Crippen LogP contribution in [0.15, 0.2) is 36.5 Å². The van der Waals surface area contributed by atoms with E-state index in [0.29, 0.717) is 5.56 Å². The van der Waals surface area contributed by atoms with Gasteiger partial charge in [-0.2, -0.15) is 0 Å². The van der Waals surface area contributed by atoms with Gasteiger partial charge in [0.05, 0.1) is 12.7 Å². The van der Waals surface area contributed by atoms with Crippen LogP contribution in [0.1, 0.15) is 10.4 Å². The Kier molecular flexibility index (Phi) is 3.23. The topological polar surface area (TPSA) is 59.4 Å². The number of aromatic nitrogens is 1. The molecule has 0 saturated heterocycles. The van der Waals surface area contributed by atoms with E-state index in [-0.39, 0.29) is 17.0 Å². The lowest BCUT2D eigenvalue weighted by molar-refractivity contribution is 0.0696. The highest BCUT2D eigenvalue weighted by atomic mass is 19.1. The maximum absolute atomic E-state index is 13.7. The van der Waals surface area contributed by atoms with Crippen LogP contribution in [0.2, 0.25) is 0 Å². The minimum Gasteiger partial charge on any atom is -0.481 e. The van der Waals surface area contributed by atoms with Gasteiger partial charge in [0.2, 0.25) is 5.88 Å². The molecule has 0 atom stereocenters. The molecule has 0 unspecified atom stereocenters. The summed E-state index contributed by atoms with van der Waals surface area (Å²) in [5.41, 5.74) is 0.550. The first-order valence-corrected chi connectivity index (χ1v) is 5.15. The first-order chi connectivity index (χ1) is 8.63. The third-order valence-electron chi connectivity index (χ3n) is 2.46. The SMILES string of the molecule is COc1ncc(C(=O)O)cc1-c1ccccc1F. The minimum atomic E-state index is -1.12. The third-order valence-corrected chi connectivity index (χ3v) is 2.46. The van der Waals surface area contributed by atoms with Crippen LogP contribution in [0.5, 0.6) is 5.88 Å². The molecule has 0 saturated carbocycles. The molecule has 0 aliphatic rings. The zero-order valence-corrected chi connectivity index (χ0v) is 9.55. The quantitative estimate of drug-likeness (QED) is 0.905. The molecular formula is C13H10FNO3. The van der Waals surface area contributed by atoms with Gasteiger partial charge in [0.25, 0.3) is 0 Å². The van der Waals surface area contributed by atoms with E-state index in [1.165, 1.54) is 25.4 Å². The van der Waals surface area contributed by atoms with E-state index >= 15 is 0 Å². The van der Waals surface area contributed by atoms with Crippen LogP contribution in [0.25, 0.3) is 11.1 Å². The highest BCUT2D eigenvalue weighted by Crippen LogP contribution is 2.30. The zero-order valence-electron chi connectivity index (χ0n) is 9.55. The van der Waals surface area contributed by atoms with Crippen LogP contribution in [0, 0.1) is 5.82 Å². The van der Waals surface area contributed by atoms with Crippen molar-refractivity contribution in [2.75, 3.05) is 7.11 Å². The van der Waals surface area contributed by atoms with E-state index in [9.17, 15) is 9.18 Å². The van der Waals surface area contributed by atoms with Crippen molar-refractivity contribution >= 4 is 5.97 Å². The molecule has 0 aliphatic carbocycles. The molecule has 0 radical (unpaired) electrons. The Bertz CT molecular complexity index is 599. The normalized spacial score (nSPS) is 10.1. The van der Waals surface area contributed by atoms with Crippen LogP contribution in [0.3, 0.4) is 0 Å². The van der Waals surface area contributed by atoms with Crippen LogP contribution in [-0.4, -0.2) is 23.2 Å². The molecule has 0 amide bonds. The lowest BCUT2D eigenvalue weighted by Crippen LogP contribution is -2.00. The number of benzene rings is 1. The molecule has 1 heterocycles. The number of rotatable bonds is 3. The zero-order chi connectivity index (χ0) is 13.1. The number of aromatic carboxylic acids is 1. The molecule has 0 spiro atoms. The molecule has 92 valence electrons. The number of nitrogens with zero attached hydrogens (tertiary/aromatic N) is 1. The Morgan fingerprint density at radius 3 is 2.67 bits per heavy atom. The van der Waals surface area contributed by atoms with Gasteiger partial charge in [0, 0.05) is 17.3 Å². The summed E-state index contributed by atoms with van der Waals surface area (Å²) in [5, 5.41) is 8.91. The van der Waals surface area contributed by atoms with Gasteiger partial charge < -0.3 is 9.84 Å². The summed E-state index contributed by atoms with van der Waals surface area (Å²) in [4.78, 5) is 14.8. The number of carboxylic acids is 1. The molecule has 1 N–H and O–H groups in total. The predicted octanol–water partition coefficient (Wildman–Crippen LogP) is 2.59. The average Bonchev–Trinajstić information content (AvgIpc) is 2.38. The molecular weight excluding hydrogens is 237 g/mol. The second-order valence-electron chi connectivity index (χ2n) is 3.57. The van der Waals surface area contributed by atoms with Crippen molar-refractivity contribution in [1.29, 1.82) is 0 Å². The molecule has 0 fully saturated rings. The van der Waals surface area contributed by atoms with Crippen LogP contribution >= 0.6 is 0 Å². The maximum atomic E-state index is 13.7. The number of ether oxygens (including phenoxy) is 1. The maximum Gasteiger partial charge on any atom is 0.337 e. The summed E-state index contributed by atoms with van der Waals surface area (Å²) in [6, 6.07) is 7.39. The molecule has 1 aromatic carbocycles. The van der Waals surface area contributed by atoms with Gasteiger partial charge in [0.15, 0.2) is 0 Å². The fourth-order valence-corrected chi connectivity index (χ4v) is 1.60. The van der Waals surface area contributed by atoms with E-state index in [1.54, 1.807) is 18.2 Å². The summed E-state index contributed by atoms with van der Waals surface area (Å²) in [6.07, 6.45) is 1.17. The number of pyridine rings is 1. The number of halogens is 1. The minimum absolute atomic E-state index is 0.0194. The van der Waals surface area contributed by atoms with Crippen molar-refractivity contribution < 1.29 is 19.0 Å². The highest BCUT2D eigenvalue weighted by Gasteiger charge is 2.14. The largest absolute Gasteiger partial charge is 0.481 e. The first-order valence-electron chi connectivity index (χ1n) is 5.15. The van der Waals surface area contributed by atoms with Gasteiger partial charge in [-0.25, -0.2) is 14.2 Å². The number of hydrogen-bond donors (Lipinski definition) is 1. The fourth-order valence-electron chi connectivity index (χ4n) is 1.60. The Balaban J connectivity index is 2.64. The summed E-state index contributed by atoms with van der Waals surface area (Å²) >= 11 is 0. The van der Waals surface area contributed by atoms with Crippen molar-refractivity contribution in [3.05, 3.63) is 47.9 Å². The van der Waals surface area contributed by atoms with Gasteiger partial charge in [-0.1, -0.05) is 18.2 Å². The molecule has 2 aromatic rings. The third kappa shape index (κ3) is 2.15. The second-order valence-corrected chi connectivity index (χ2v) is 3.57. The van der Waals surface area contributed by atoms with Gasteiger partial charge in [-0.3, -0.25) is 0 Å². The molecule has 0 aliphatic heterocycles. The number of methoxy groups -OCH3 is 1. The number of carboxylic acid groups (broad SMARTS) is 1. The predicted molar refractivity (Wildman–Crippen MR) is 63.1 cm³/mol. The van der Waals surface area contributed by atoms with Gasteiger partial charge in [-0.05, 0) is 12.1 Å². The van der Waals surface area contributed by atoms with E-state index < -0.39 is 11.8 Å². The van der Waals surface area contributed by atoms with Crippen LogP contribution in [-0.2, 0) is 0 Å². The Morgan fingerprint density at radius 2 is 2.06 bits per heavy atom. The Hall–Kier alpha value is -2.43. The molecule has 4 nitrogen and oxygen atoms in total. The smallest absolute Gasteiger partial charge is 0.337 e. The lowest BCUT2D eigenvalue weighted by Gasteiger charge is -2.09. The molecule has 5 heteroatoms. The van der Waals surface area contributed by atoms with Crippen molar-refractivity contribution in [2.45, 2.75) is 0 Å². The van der Waals surface area contributed by atoms with Crippen molar-refractivity contribution in [2.24, 2.45) is 0 Å². The Labute approximate surface area is 103 Å². The van der Waals surface area contributed by atoms with Gasteiger partial charge in [-0.15, -0.1) is 0 Å². The molecule has 0 bridgehead atoms. The van der Waals surface area contributed by atoms with Crippen molar-refractivity contribution in [1.82, 2.24) is 4.98 Å². The summed E-state index contributed by atoms with van der Waals surface area (Å²) < 4.78 is 18.7. The summed E-state index contributed by atoms with van der Waals surface area (Å²) in [5.74, 6) is -1.40. The summed E-state index contributed by atoms with van der Waals surface area (Å²) in [6.45, 7) is 0. The summed E-state index contributed by atoms with van der Waals surface area (Å²) in [7, 11) is 1.40. The van der Waals surface area contributed by atoms with Crippen molar-refractivity contribution in [3.8, 4) is 17.0 Å². The van der Waals surface area contributed by atoms with Crippen LogP contribution in [0.4, 0.5) is 4.39 Å². The van der Waals surface area contributed by atoms with E-state index in [1.807, 2.05) is 0 Å². The average molecular weight is 247 g/mol. The van der Waals surface area contributed by atoms with E-state index in [4.69, 9.17) is 9.84 Å². The van der Waals surface area contributed by atoms with E-state index in [0.717, 1.165) is 0 Å². The molecule has 2 rings (SSSR count). The van der Waals surface area contributed by atoms with E-state index in [2.05, 4.69) is 4.98 Å². The molecule has 1 aromatic heterocycles. The second kappa shape index (κ2) is 4.83. The van der Waals surface area contributed by atoms with Crippen molar-refractivity contribution in [3.63, 3.8) is 0 Å². The first kappa shape index (κ1) is 12.0.